The number of halogens is 2. The van der Waals surface area contributed by atoms with E-state index in [4.69, 9.17) is 0 Å². The lowest BCUT2D eigenvalue weighted by atomic mass is 10.1. The third-order valence-electron chi connectivity index (χ3n) is 3.16. The molecule has 116 valence electrons. The maximum atomic E-state index is 13.4. The highest BCUT2D eigenvalue weighted by atomic mass is 19.1. The van der Waals surface area contributed by atoms with E-state index in [1.54, 1.807) is 0 Å². The lowest BCUT2D eigenvalue weighted by Gasteiger charge is -2.14. The van der Waals surface area contributed by atoms with Crippen molar-refractivity contribution < 1.29 is 18.4 Å². The van der Waals surface area contributed by atoms with Gasteiger partial charge in [0.15, 0.2) is 0 Å². The van der Waals surface area contributed by atoms with Crippen LogP contribution in [0.15, 0.2) is 18.2 Å². The van der Waals surface area contributed by atoms with Gasteiger partial charge in [0.05, 0.1) is 5.56 Å². The van der Waals surface area contributed by atoms with Gasteiger partial charge in [-0.15, -0.1) is 0 Å². The maximum absolute atomic E-state index is 13.4. The highest BCUT2D eigenvalue weighted by Crippen LogP contribution is 2.09. The second kappa shape index (κ2) is 8.34. The van der Waals surface area contributed by atoms with Crippen molar-refractivity contribution in [3.8, 4) is 0 Å². The average Bonchev–Trinajstić information content (AvgIpc) is 2.44. The van der Waals surface area contributed by atoms with Crippen LogP contribution in [0.2, 0.25) is 0 Å². The molecule has 1 aromatic carbocycles. The summed E-state index contributed by atoms with van der Waals surface area (Å²) >= 11 is 0. The lowest BCUT2D eigenvalue weighted by molar-refractivity contribution is -0.121. The summed E-state index contributed by atoms with van der Waals surface area (Å²) < 4.78 is 26.1. The van der Waals surface area contributed by atoms with Crippen molar-refractivity contribution in [1.82, 2.24) is 10.6 Å². The zero-order chi connectivity index (χ0) is 15.8. The molecule has 0 radical (unpaired) electrons. The summed E-state index contributed by atoms with van der Waals surface area (Å²) in [6.45, 7) is 4.06. The molecule has 0 bridgehead atoms. The molecule has 0 atom stereocenters. The van der Waals surface area contributed by atoms with E-state index < -0.39 is 17.5 Å². The van der Waals surface area contributed by atoms with Crippen LogP contribution < -0.4 is 10.6 Å². The average molecular weight is 298 g/mol. The number of benzene rings is 1. The molecule has 0 aromatic heterocycles. The molecule has 0 spiro atoms. The fraction of sp³-hybridized carbons (Fsp3) is 0.467. The molecule has 0 heterocycles. The first kappa shape index (κ1) is 17.1. The number of hydrogen-bond donors (Lipinski definition) is 2. The van der Waals surface area contributed by atoms with Crippen LogP contribution in [0.3, 0.4) is 0 Å². The first-order valence-electron chi connectivity index (χ1n) is 7.00. The Morgan fingerprint density at radius 2 is 1.86 bits per heavy atom. The zero-order valence-corrected chi connectivity index (χ0v) is 12.2. The molecule has 0 aliphatic carbocycles. The molecule has 0 saturated heterocycles. The molecule has 0 unspecified atom stereocenters. The summed E-state index contributed by atoms with van der Waals surface area (Å²) in [5.41, 5.74) is -0.239. The summed E-state index contributed by atoms with van der Waals surface area (Å²) in [5, 5.41) is 5.27. The van der Waals surface area contributed by atoms with Crippen LogP contribution in [-0.2, 0) is 4.79 Å². The Morgan fingerprint density at radius 3 is 2.43 bits per heavy atom. The Bertz CT molecular complexity index is 502. The minimum atomic E-state index is -0.922. The predicted molar refractivity (Wildman–Crippen MR) is 75.8 cm³/mol. The first-order valence-corrected chi connectivity index (χ1v) is 7.00. The largest absolute Gasteiger partial charge is 0.353 e. The van der Waals surface area contributed by atoms with E-state index >= 15 is 0 Å². The van der Waals surface area contributed by atoms with Crippen LogP contribution in [-0.4, -0.2) is 24.4 Å². The van der Waals surface area contributed by atoms with Gasteiger partial charge in [-0.1, -0.05) is 13.8 Å². The number of carbonyl (C=O) groups excluding carboxylic acids is 2. The fourth-order valence-electron chi connectivity index (χ4n) is 1.85. The van der Waals surface area contributed by atoms with Crippen LogP contribution >= 0.6 is 0 Å². The van der Waals surface area contributed by atoms with Gasteiger partial charge in [0.25, 0.3) is 5.91 Å². The molecule has 21 heavy (non-hydrogen) atoms. The van der Waals surface area contributed by atoms with Crippen LogP contribution in [0.5, 0.6) is 0 Å². The zero-order valence-electron chi connectivity index (χ0n) is 12.2. The highest BCUT2D eigenvalue weighted by molar-refractivity contribution is 5.94. The van der Waals surface area contributed by atoms with Gasteiger partial charge >= 0.3 is 0 Å². The van der Waals surface area contributed by atoms with Gasteiger partial charge in [0, 0.05) is 25.1 Å². The molecule has 0 aliphatic rings. The van der Waals surface area contributed by atoms with E-state index in [2.05, 4.69) is 10.6 Å². The van der Waals surface area contributed by atoms with E-state index in [0.717, 1.165) is 25.0 Å². The first-order chi connectivity index (χ1) is 9.97. The molecular formula is C15H20F2N2O2. The van der Waals surface area contributed by atoms with Gasteiger partial charge in [-0.2, -0.15) is 0 Å². The number of carbonyl (C=O) groups is 2. The number of amides is 2. The van der Waals surface area contributed by atoms with Crippen molar-refractivity contribution in [3.63, 3.8) is 0 Å². The standard InChI is InChI=1S/C15H20F2N2O2/c1-3-11(4-2)19-14(20)7-8-18-15(21)12-6-5-10(16)9-13(12)17/h5-6,9,11H,3-4,7-8H2,1-2H3,(H,18,21)(H,19,20). The van der Waals surface area contributed by atoms with Crippen molar-refractivity contribution >= 4 is 11.8 Å². The van der Waals surface area contributed by atoms with Crippen molar-refractivity contribution in [2.45, 2.75) is 39.2 Å². The van der Waals surface area contributed by atoms with Gasteiger partial charge < -0.3 is 10.6 Å². The van der Waals surface area contributed by atoms with E-state index in [9.17, 15) is 18.4 Å². The minimum absolute atomic E-state index is 0.0988. The minimum Gasteiger partial charge on any atom is -0.353 e. The summed E-state index contributed by atoms with van der Waals surface area (Å²) in [4.78, 5) is 23.3. The molecule has 0 aliphatic heterocycles. The van der Waals surface area contributed by atoms with Gasteiger partial charge in [-0.25, -0.2) is 8.78 Å². The fourth-order valence-corrected chi connectivity index (χ4v) is 1.85. The predicted octanol–water partition coefficient (Wildman–Crippen LogP) is 2.39. The molecule has 4 nitrogen and oxygen atoms in total. The summed E-state index contributed by atoms with van der Waals surface area (Å²) in [5.74, 6) is -2.49. The van der Waals surface area contributed by atoms with Crippen molar-refractivity contribution in [3.05, 3.63) is 35.4 Å². The summed E-state index contributed by atoms with van der Waals surface area (Å²) in [6.07, 6.45) is 1.80. The summed E-state index contributed by atoms with van der Waals surface area (Å²) in [6, 6.07) is 2.86. The van der Waals surface area contributed by atoms with E-state index in [1.807, 2.05) is 13.8 Å². The van der Waals surface area contributed by atoms with Crippen LogP contribution in [0.25, 0.3) is 0 Å². The normalized spacial score (nSPS) is 10.5. The third-order valence-corrected chi connectivity index (χ3v) is 3.16. The van der Waals surface area contributed by atoms with E-state index in [-0.39, 0.29) is 30.5 Å². The maximum Gasteiger partial charge on any atom is 0.254 e. The second-order valence-electron chi connectivity index (χ2n) is 4.71. The third kappa shape index (κ3) is 5.49. The molecule has 1 aromatic rings. The molecule has 1 rings (SSSR count). The lowest BCUT2D eigenvalue weighted by Crippen LogP contribution is -2.36. The van der Waals surface area contributed by atoms with Crippen LogP contribution in [0.1, 0.15) is 43.5 Å². The molecule has 6 heteroatoms. The molecule has 0 fully saturated rings. The summed E-state index contributed by atoms with van der Waals surface area (Å²) in [7, 11) is 0. The van der Waals surface area contributed by atoms with Crippen molar-refractivity contribution in [2.24, 2.45) is 0 Å². The van der Waals surface area contributed by atoms with Crippen LogP contribution in [0, 0.1) is 11.6 Å². The smallest absolute Gasteiger partial charge is 0.254 e. The van der Waals surface area contributed by atoms with Crippen molar-refractivity contribution in [2.75, 3.05) is 6.54 Å². The van der Waals surface area contributed by atoms with E-state index in [1.165, 1.54) is 0 Å². The molecular weight excluding hydrogens is 278 g/mol. The quantitative estimate of drug-likeness (QED) is 0.812. The Hall–Kier alpha value is -1.98. The topological polar surface area (TPSA) is 58.2 Å². The van der Waals surface area contributed by atoms with E-state index in [0.29, 0.717) is 6.07 Å². The Labute approximate surface area is 122 Å². The molecule has 0 saturated carbocycles. The van der Waals surface area contributed by atoms with Gasteiger partial charge in [0.2, 0.25) is 5.91 Å². The van der Waals surface area contributed by atoms with Gasteiger partial charge in [-0.05, 0) is 25.0 Å². The van der Waals surface area contributed by atoms with Crippen LogP contribution in [0.4, 0.5) is 8.78 Å². The van der Waals surface area contributed by atoms with Gasteiger partial charge in [-0.3, -0.25) is 9.59 Å². The monoisotopic (exact) mass is 298 g/mol. The van der Waals surface area contributed by atoms with Crippen molar-refractivity contribution in [1.29, 1.82) is 0 Å². The molecule has 2 amide bonds. The number of rotatable bonds is 7. The Kier molecular flexibility index (Phi) is 6.78. The Morgan fingerprint density at radius 1 is 1.19 bits per heavy atom. The SMILES string of the molecule is CCC(CC)NC(=O)CCNC(=O)c1ccc(F)cc1F. The van der Waals surface area contributed by atoms with Gasteiger partial charge in [0.1, 0.15) is 11.6 Å². The Balaban J connectivity index is 2.41. The number of nitrogens with one attached hydrogen (secondary N) is 2. The molecule has 2 N–H and O–H groups in total. The number of hydrogen-bond acceptors (Lipinski definition) is 2. The highest BCUT2D eigenvalue weighted by Gasteiger charge is 2.13. The second-order valence-corrected chi connectivity index (χ2v) is 4.71.